The highest BCUT2D eigenvalue weighted by atomic mass is 79.9. The van der Waals surface area contributed by atoms with Gasteiger partial charge in [0.1, 0.15) is 5.75 Å². The molecule has 1 aromatic heterocycles. The van der Waals surface area contributed by atoms with Crippen molar-refractivity contribution in [3.05, 3.63) is 49.8 Å². The lowest BCUT2D eigenvalue weighted by atomic mass is 10.2. The molecule has 0 radical (unpaired) electrons. The molecule has 3 rings (SSSR count). The predicted molar refractivity (Wildman–Crippen MR) is 109 cm³/mol. The van der Waals surface area contributed by atoms with Gasteiger partial charge in [0.25, 0.3) is 0 Å². The Kier molecular flexibility index (Phi) is 5.79. The van der Waals surface area contributed by atoms with Gasteiger partial charge in [-0.1, -0.05) is 31.9 Å². The van der Waals surface area contributed by atoms with Crippen LogP contribution in [0.5, 0.6) is 11.6 Å². The van der Waals surface area contributed by atoms with Gasteiger partial charge in [-0.2, -0.15) is 0 Å². The normalized spacial score (nSPS) is 12.6. The third-order valence-corrected chi connectivity index (χ3v) is 5.11. The number of benzene rings is 2. The fourth-order valence-corrected chi connectivity index (χ4v) is 3.83. The van der Waals surface area contributed by atoms with Gasteiger partial charge in [0.05, 0.1) is 5.52 Å². The molecule has 0 aliphatic rings. The highest BCUT2D eigenvalue weighted by molar-refractivity contribution is 9.11. The van der Waals surface area contributed by atoms with Crippen LogP contribution in [0.25, 0.3) is 10.9 Å². The van der Waals surface area contributed by atoms with E-state index in [1.165, 1.54) is 0 Å². The van der Waals surface area contributed by atoms with Crippen molar-refractivity contribution in [2.24, 2.45) is 10.2 Å². The molecular weight excluding hydrogens is 534 g/mol. The minimum atomic E-state index is -0.814. The van der Waals surface area contributed by atoms with Crippen LogP contribution in [0.1, 0.15) is 6.92 Å². The van der Waals surface area contributed by atoms with Crippen molar-refractivity contribution >= 4 is 70.3 Å². The Morgan fingerprint density at radius 2 is 1.85 bits per heavy atom. The zero-order chi connectivity index (χ0) is 18.8. The van der Waals surface area contributed by atoms with Gasteiger partial charge in [-0.25, -0.2) is 0 Å². The lowest BCUT2D eigenvalue weighted by Gasteiger charge is -2.10. The number of hydrogen-bond acceptors (Lipinski definition) is 4. The van der Waals surface area contributed by atoms with E-state index in [-0.39, 0.29) is 11.6 Å². The van der Waals surface area contributed by atoms with Crippen LogP contribution < -0.4 is 4.74 Å². The van der Waals surface area contributed by atoms with Crippen molar-refractivity contribution in [2.75, 3.05) is 0 Å². The Morgan fingerprint density at radius 1 is 1.15 bits per heavy atom. The number of carbonyl (C=O) groups excluding carboxylic acids is 1. The summed E-state index contributed by atoms with van der Waals surface area (Å²) in [5, 5.41) is 18.3. The van der Waals surface area contributed by atoms with Crippen LogP contribution in [0.2, 0.25) is 0 Å². The molecule has 0 aliphatic carbocycles. The van der Waals surface area contributed by atoms with E-state index >= 15 is 0 Å². The first-order valence-electron chi connectivity index (χ1n) is 7.42. The van der Waals surface area contributed by atoms with Gasteiger partial charge >= 0.3 is 5.91 Å². The summed E-state index contributed by atoms with van der Waals surface area (Å²) in [5.74, 6) is -0.181. The Labute approximate surface area is 174 Å². The van der Waals surface area contributed by atoms with E-state index in [1.54, 1.807) is 25.1 Å². The Balaban J connectivity index is 1.80. The number of halogens is 3. The first-order chi connectivity index (χ1) is 12.3. The lowest BCUT2D eigenvalue weighted by Crippen LogP contribution is -2.21. The fourth-order valence-electron chi connectivity index (χ4n) is 2.24. The topological polar surface area (TPSA) is 87.0 Å². The molecule has 0 spiro atoms. The molecule has 2 aromatic carbocycles. The highest BCUT2D eigenvalue weighted by Gasteiger charge is 2.17. The van der Waals surface area contributed by atoms with Gasteiger partial charge in [-0.05, 0) is 59.3 Å². The maximum absolute atomic E-state index is 12.2. The number of carbonyl (C=O) groups is 1. The summed E-state index contributed by atoms with van der Waals surface area (Å²) in [6.45, 7) is 1.59. The van der Waals surface area contributed by atoms with Gasteiger partial charge in [0.15, 0.2) is 11.8 Å². The van der Waals surface area contributed by atoms with Crippen LogP contribution in [0.4, 0.5) is 5.69 Å². The summed E-state index contributed by atoms with van der Waals surface area (Å²) in [7, 11) is 0. The molecule has 26 heavy (non-hydrogen) atoms. The largest absolute Gasteiger partial charge is 0.493 e. The summed E-state index contributed by atoms with van der Waals surface area (Å²) in [4.78, 5) is 15.0. The van der Waals surface area contributed by atoms with E-state index in [4.69, 9.17) is 4.74 Å². The number of hydrogen-bond donors (Lipinski definition) is 2. The van der Waals surface area contributed by atoms with Crippen LogP contribution in [-0.4, -0.2) is 22.1 Å². The van der Waals surface area contributed by atoms with Gasteiger partial charge in [-0.15, -0.1) is 10.2 Å². The van der Waals surface area contributed by atoms with Crippen molar-refractivity contribution in [3.8, 4) is 11.6 Å². The summed E-state index contributed by atoms with van der Waals surface area (Å²) >= 11 is 10.1. The molecule has 0 fully saturated rings. The van der Waals surface area contributed by atoms with Crippen LogP contribution in [-0.2, 0) is 4.79 Å². The highest BCUT2D eigenvalue weighted by Crippen LogP contribution is 2.40. The number of aromatic nitrogens is 1. The number of amides is 1. The third kappa shape index (κ3) is 4.16. The monoisotopic (exact) mass is 543 g/mol. The van der Waals surface area contributed by atoms with Crippen LogP contribution in [0, 0.1) is 0 Å². The molecule has 6 nitrogen and oxygen atoms in total. The second kappa shape index (κ2) is 7.89. The molecule has 9 heteroatoms. The van der Waals surface area contributed by atoms with E-state index in [1.807, 2.05) is 18.2 Å². The van der Waals surface area contributed by atoms with Crippen molar-refractivity contribution in [1.82, 2.24) is 4.98 Å². The van der Waals surface area contributed by atoms with Gasteiger partial charge in [0, 0.05) is 18.8 Å². The Morgan fingerprint density at radius 3 is 2.54 bits per heavy atom. The summed E-state index contributed by atoms with van der Waals surface area (Å²) in [5.41, 5.74) is 0.845. The predicted octanol–water partition coefficient (Wildman–Crippen LogP) is 6.24. The number of aromatic amines is 1. The quantitative estimate of drug-likeness (QED) is 0.380. The number of fused-ring (bicyclic) bond motifs is 1. The zero-order valence-corrected chi connectivity index (χ0v) is 18.1. The number of azo groups is 1. The van der Waals surface area contributed by atoms with E-state index in [0.717, 1.165) is 13.4 Å². The molecule has 3 aromatic rings. The number of aromatic hydroxyl groups is 1. The van der Waals surface area contributed by atoms with Crippen molar-refractivity contribution in [3.63, 3.8) is 0 Å². The Bertz CT molecular complexity index is 1000. The van der Waals surface area contributed by atoms with E-state index in [2.05, 4.69) is 63.0 Å². The molecule has 0 bridgehead atoms. The molecule has 0 saturated carbocycles. The van der Waals surface area contributed by atoms with Crippen LogP contribution in [0.3, 0.4) is 0 Å². The summed E-state index contributed by atoms with van der Waals surface area (Å²) in [6, 6.07) is 10.7. The molecule has 1 unspecified atom stereocenters. The maximum Gasteiger partial charge on any atom is 0.304 e. The van der Waals surface area contributed by atoms with E-state index < -0.39 is 12.0 Å². The number of nitrogens with zero attached hydrogens (tertiary/aromatic N) is 2. The van der Waals surface area contributed by atoms with E-state index in [0.29, 0.717) is 16.7 Å². The first-order valence-corrected chi connectivity index (χ1v) is 9.80. The minimum absolute atomic E-state index is 0.170. The molecule has 2 N–H and O–H groups in total. The second-order valence-electron chi connectivity index (χ2n) is 5.38. The summed E-state index contributed by atoms with van der Waals surface area (Å²) in [6.07, 6.45) is -0.814. The molecule has 0 aliphatic heterocycles. The van der Waals surface area contributed by atoms with Gasteiger partial charge in [-0.3, -0.25) is 4.79 Å². The average Bonchev–Trinajstić information content (AvgIpc) is 2.90. The smallest absolute Gasteiger partial charge is 0.304 e. The molecular formula is C17H12Br3N3O3. The van der Waals surface area contributed by atoms with Crippen LogP contribution in [0.15, 0.2) is 60.0 Å². The summed E-state index contributed by atoms with van der Waals surface area (Å²) < 4.78 is 8.00. The van der Waals surface area contributed by atoms with Crippen molar-refractivity contribution in [2.45, 2.75) is 13.0 Å². The zero-order valence-electron chi connectivity index (χ0n) is 13.3. The maximum atomic E-state index is 12.2. The average molecular weight is 546 g/mol. The second-order valence-corrected chi connectivity index (χ2v) is 8.07. The van der Waals surface area contributed by atoms with Gasteiger partial charge < -0.3 is 14.8 Å². The molecule has 134 valence electrons. The Hall–Kier alpha value is -1.71. The lowest BCUT2D eigenvalue weighted by molar-refractivity contribution is -0.124. The van der Waals surface area contributed by atoms with Gasteiger partial charge in [0.2, 0.25) is 5.88 Å². The first kappa shape index (κ1) is 19.1. The van der Waals surface area contributed by atoms with Crippen LogP contribution >= 0.6 is 47.8 Å². The van der Waals surface area contributed by atoms with E-state index in [9.17, 15) is 9.90 Å². The number of H-pyrrole nitrogens is 1. The fraction of sp³-hybridized carbons (Fsp3) is 0.118. The standard InChI is InChI=1S/C17H12Br3N3O3/c1-8(26-11-4-2-9(18)3-5-11)16(24)23-22-15-12-6-10(19)7-13(20)14(12)21-17(15)25/h2-8,21,25H,1H3. The molecule has 1 heterocycles. The SMILES string of the molecule is CC(Oc1ccc(Br)cc1)C(=O)N=Nc1c(O)[nH]c2c(Br)cc(Br)cc12. The molecule has 1 amide bonds. The molecule has 1 atom stereocenters. The third-order valence-electron chi connectivity index (χ3n) is 3.50. The molecule has 0 saturated heterocycles. The van der Waals surface area contributed by atoms with Crippen molar-refractivity contribution in [1.29, 1.82) is 0 Å². The number of nitrogens with one attached hydrogen (secondary N) is 1. The minimum Gasteiger partial charge on any atom is -0.493 e. The van der Waals surface area contributed by atoms with Crippen molar-refractivity contribution < 1.29 is 14.6 Å². The number of rotatable bonds is 4. The number of ether oxygens (including phenoxy) is 1.